The number of nitrogens with two attached hydrogens (primary N) is 2. The van der Waals surface area contributed by atoms with E-state index in [9.17, 15) is 4.79 Å². The highest BCUT2D eigenvalue weighted by Gasteiger charge is 2.16. The van der Waals surface area contributed by atoms with Gasteiger partial charge >= 0.3 is 0 Å². The lowest BCUT2D eigenvalue weighted by molar-refractivity contribution is 0.1000. The molecule has 4 N–H and O–H groups in total. The monoisotopic (exact) mass is 404 g/mol. The minimum atomic E-state index is -0.549. The van der Waals surface area contributed by atoms with E-state index in [2.05, 4.69) is 20.9 Å². The molecule has 0 spiro atoms. The van der Waals surface area contributed by atoms with Crippen molar-refractivity contribution in [1.82, 2.24) is 9.55 Å². The molecule has 8 heteroatoms. The van der Waals surface area contributed by atoms with Crippen LogP contribution in [0.1, 0.15) is 10.4 Å². The molecule has 7 nitrogen and oxygen atoms in total. The van der Waals surface area contributed by atoms with E-state index in [0.29, 0.717) is 41.4 Å². The first-order valence-electron chi connectivity index (χ1n) is 7.51. The van der Waals surface area contributed by atoms with Gasteiger partial charge in [-0.2, -0.15) is 0 Å². The standard InChI is InChI=1S/C17H17BrN4O3/c1-24-14-9-10(16(19)23)8-13-15(14)22(17(20)21-13)6-7-25-12-4-2-11(18)3-5-12/h2-5,8-9H,6-7H2,1H3,(H2,19,23)(H2,20,21). The Morgan fingerprint density at radius 1 is 1.28 bits per heavy atom. The van der Waals surface area contributed by atoms with Crippen LogP contribution in [0.15, 0.2) is 40.9 Å². The molecule has 0 saturated carbocycles. The minimum absolute atomic E-state index is 0.314. The van der Waals surface area contributed by atoms with E-state index in [1.165, 1.54) is 7.11 Å². The third kappa shape index (κ3) is 3.53. The molecule has 25 heavy (non-hydrogen) atoms. The van der Waals surface area contributed by atoms with Crippen molar-refractivity contribution in [2.24, 2.45) is 5.73 Å². The van der Waals surface area contributed by atoms with Gasteiger partial charge in [0.1, 0.15) is 23.6 Å². The summed E-state index contributed by atoms with van der Waals surface area (Å²) in [6, 6.07) is 10.7. The Morgan fingerprint density at radius 3 is 2.64 bits per heavy atom. The SMILES string of the molecule is COc1cc(C(N)=O)cc2nc(N)n(CCOc3ccc(Br)cc3)c12. The van der Waals surface area contributed by atoms with Crippen LogP contribution >= 0.6 is 15.9 Å². The van der Waals surface area contributed by atoms with Crippen LogP contribution in [0, 0.1) is 0 Å². The Balaban J connectivity index is 1.86. The van der Waals surface area contributed by atoms with E-state index < -0.39 is 5.91 Å². The maximum absolute atomic E-state index is 11.4. The van der Waals surface area contributed by atoms with Crippen molar-refractivity contribution >= 4 is 38.8 Å². The van der Waals surface area contributed by atoms with E-state index in [4.69, 9.17) is 20.9 Å². The van der Waals surface area contributed by atoms with Gasteiger partial charge in [-0.05, 0) is 36.4 Å². The molecule has 0 bridgehead atoms. The van der Waals surface area contributed by atoms with Crippen LogP contribution in [0.25, 0.3) is 11.0 Å². The van der Waals surface area contributed by atoms with Crippen LogP contribution < -0.4 is 20.9 Å². The van der Waals surface area contributed by atoms with Crippen LogP contribution in [0.4, 0.5) is 5.95 Å². The van der Waals surface area contributed by atoms with Crippen LogP contribution in [-0.4, -0.2) is 29.2 Å². The van der Waals surface area contributed by atoms with Gasteiger partial charge < -0.3 is 25.5 Å². The van der Waals surface area contributed by atoms with Gasteiger partial charge in [0.05, 0.1) is 19.2 Å². The van der Waals surface area contributed by atoms with Gasteiger partial charge in [0, 0.05) is 10.0 Å². The van der Waals surface area contributed by atoms with Gasteiger partial charge in [0.15, 0.2) is 0 Å². The highest BCUT2D eigenvalue weighted by Crippen LogP contribution is 2.29. The fourth-order valence-electron chi connectivity index (χ4n) is 2.56. The van der Waals surface area contributed by atoms with E-state index >= 15 is 0 Å². The molecule has 1 aromatic heterocycles. The quantitative estimate of drug-likeness (QED) is 0.656. The number of hydrogen-bond donors (Lipinski definition) is 2. The summed E-state index contributed by atoms with van der Waals surface area (Å²) in [6.45, 7) is 0.878. The summed E-state index contributed by atoms with van der Waals surface area (Å²) in [5, 5.41) is 0. The molecule has 0 aliphatic heterocycles. The first-order valence-corrected chi connectivity index (χ1v) is 8.31. The summed E-state index contributed by atoms with van der Waals surface area (Å²) >= 11 is 3.38. The largest absolute Gasteiger partial charge is 0.494 e. The number of halogens is 1. The summed E-state index contributed by atoms with van der Waals surface area (Å²) in [4.78, 5) is 15.7. The summed E-state index contributed by atoms with van der Waals surface area (Å²) in [5.41, 5.74) is 12.9. The molecule has 3 rings (SSSR count). The van der Waals surface area contributed by atoms with Gasteiger partial charge in [-0.3, -0.25) is 4.79 Å². The number of anilines is 1. The fourth-order valence-corrected chi connectivity index (χ4v) is 2.82. The molecule has 130 valence electrons. The predicted molar refractivity (Wildman–Crippen MR) is 98.9 cm³/mol. The van der Waals surface area contributed by atoms with E-state index in [0.717, 1.165) is 10.2 Å². The number of imidazole rings is 1. The minimum Gasteiger partial charge on any atom is -0.494 e. The second-order valence-electron chi connectivity index (χ2n) is 5.33. The zero-order valence-electron chi connectivity index (χ0n) is 13.5. The third-order valence-electron chi connectivity index (χ3n) is 3.74. The number of aromatic nitrogens is 2. The van der Waals surface area contributed by atoms with Crippen LogP contribution in [-0.2, 0) is 6.54 Å². The van der Waals surface area contributed by atoms with Crippen molar-refractivity contribution in [3.8, 4) is 11.5 Å². The van der Waals surface area contributed by atoms with Crippen LogP contribution in [0.2, 0.25) is 0 Å². The maximum atomic E-state index is 11.4. The molecule has 0 saturated heterocycles. The molecule has 2 aromatic carbocycles. The molecule has 0 atom stereocenters. The highest BCUT2D eigenvalue weighted by atomic mass is 79.9. The van der Waals surface area contributed by atoms with Crippen LogP contribution in [0.3, 0.4) is 0 Å². The van der Waals surface area contributed by atoms with E-state index in [1.54, 1.807) is 16.7 Å². The first-order chi connectivity index (χ1) is 12.0. The lowest BCUT2D eigenvalue weighted by Gasteiger charge is -2.11. The summed E-state index contributed by atoms with van der Waals surface area (Å²) in [7, 11) is 1.52. The summed E-state index contributed by atoms with van der Waals surface area (Å²) in [5.74, 6) is 1.01. The van der Waals surface area contributed by atoms with Crippen molar-refractivity contribution in [3.05, 3.63) is 46.4 Å². The molecule has 1 amide bonds. The normalized spacial score (nSPS) is 10.8. The Hall–Kier alpha value is -2.74. The predicted octanol–water partition coefficient (Wildman–Crippen LogP) is 2.57. The number of benzene rings is 2. The van der Waals surface area contributed by atoms with Gasteiger partial charge in [-0.1, -0.05) is 15.9 Å². The number of primary amides is 1. The van der Waals surface area contributed by atoms with E-state index in [-0.39, 0.29) is 0 Å². The molecular formula is C17H17BrN4O3. The Labute approximate surface area is 152 Å². The number of hydrogen-bond acceptors (Lipinski definition) is 5. The molecule has 0 fully saturated rings. The topological polar surface area (TPSA) is 105 Å². The van der Waals surface area contributed by atoms with Crippen molar-refractivity contribution in [1.29, 1.82) is 0 Å². The summed E-state index contributed by atoms with van der Waals surface area (Å²) < 4.78 is 13.9. The highest BCUT2D eigenvalue weighted by molar-refractivity contribution is 9.10. The second-order valence-corrected chi connectivity index (χ2v) is 6.25. The third-order valence-corrected chi connectivity index (χ3v) is 4.27. The smallest absolute Gasteiger partial charge is 0.248 e. The number of nitrogens with zero attached hydrogens (tertiary/aromatic N) is 2. The van der Waals surface area contributed by atoms with Crippen molar-refractivity contribution in [2.45, 2.75) is 6.54 Å². The number of nitrogen functional groups attached to an aromatic ring is 1. The number of carbonyl (C=O) groups excluding carboxylic acids is 1. The molecule has 0 unspecified atom stereocenters. The Kier molecular flexibility index (Phi) is 4.80. The van der Waals surface area contributed by atoms with Crippen molar-refractivity contribution < 1.29 is 14.3 Å². The number of rotatable bonds is 6. The fraction of sp³-hybridized carbons (Fsp3) is 0.176. The average molecular weight is 405 g/mol. The first kappa shape index (κ1) is 17.1. The van der Waals surface area contributed by atoms with Gasteiger partial charge in [-0.15, -0.1) is 0 Å². The number of amides is 1. The lowest BCUT2D eigenvalue weighted by Crippen LogP contribution is -2.12. The average Bonchev–Trinajstić information content (AvgIpc) is 2.91. The molecular weight excluding hydrogens is 388 g/mol. The molecule has 0 radical (unpaired) electrons. The van der Waals surface area contributed by atoms with Crippen molar-refractivity contribution in [3.63, 3.8) is 0 Å². The Bertz CT molecular complexity index is 922. The van der Waals surface area contributed by atoms with Gasteiger partial charge in [0.25, 0.3) is 0 Å². The number of methoxy groups -OCH3 is 1. The number of carbonyl (C=O) groups is 1. The van der Waals surface area contributed by atoms with Gasteiger partial charge in [-0.25, -0.2) is 4.98 Å². The number of fused-ring (bicyclic) bond motifs is 1. The molecule has 1 heterocycles. The Morgan fingerprint density at radius 2 is 2.00 bits per heavy atom. The van der Waals surface area contributed by atoms with Crippen LogP contribution in [0.5, 0.6) is 11.5 Å². The second kappa shape index (κ2) is 7.02. The molecule has 0 aliphatic carbocycles. The number of ether oxygens (including phenoxy) is 2. The summed E-state index contributed by atoms with van der Waals surface area (Å²) in [6.07, 6.45) is 0. The zero-order chi connectivity index (χ0) is 18.0. The molecule has 0 aliphatic rings. The zero-order valence-corrected chi connectivity index (χ0v) is 15.1. The van der Waals surface area contributed by atoms with Crippen molar-refractivity contribution in [2.75, 3.05) is 19.5 Å². The van der Waals surface area contributed by atoms with E-state index in [1.807, 2.05) is 24.3 Å². The molecule has 3 aromatic rings. The maximum Gasteiger partial charge on any atom is 0.248 e. The lowest BCUT2D eigenvalue weighted by atomic mass is 10.1. The van der Waals surface area contributed by atoms with Gasteiger partial charge in [0.2, 0.25) is 11.9 Å².